The Hall–Kier alpha value is -2.77. The average Bonchev–Trinajstić information content (AvgIpc) is 3.43. The molecule has 0 aliphatic carbocycles. The summed E-state index contributed by atoms with van der Waals surface area (Å²) in [6, 6.07) is 5.18. The van der Waals surface area contributed by atoms with Crippen LogP contribution >= 0.6 is 11.3 Å². The standard InChI is InChI=1S/C27H33F3N2O4S/c1-5-9-18-15-21(26(4,35)27(28,29)30)16-19(10-6-2)22(18)36-13-8-7-12-32-23(33)25(3,31-24(32)34)20-11-14-37-17-20/h15-17,35H,5-10,12-13H2,1-4H3,(H,31,34). The van der Waals surface area contributed by atoms with Gasteiger partial charge in [-0.15, -0.1) is 0 Å². The molecule has 1 aliphatic rings. The zero-order valence-electron chi connectivity index (χ0n) is 21.6. The molecule has 6 nitrogen and oxygen atoms in total. The number of alkyl halides is 3. The van der Waals surface area contributed by atoms with E-state index in [1.807, 2.05) is 13.8 Å². The zero-order chi connectivity index (χ0) is 27.4. The summed E-state index contributed by atoms with van der Waals surface area (Å²) >= 11 is 1.28. The van der Waals surface area contributed by atoms with E-state index in [9.17, 15) is 27.9 Å². The van der Waals surface area contributed by atoms with E-state index in [-0.39, 0.29) is 24.6 Å². The summed E-state index contributed by atoms with van der Waals surface area (Å²) in [6.45, 7) is 6.76. The third-order valence-corrected chi connectivity index (χ3v) is 7.23. The summed E-state index contributed by atoms with van der Waals surface area (Å²) in [7, 11) is 0. The normalized spacial score (nSPS) is 19.5. The van der Waals surface area contributed by atoms with Gasteiger partial charge >= 0.3 is 12.2 Å². The summed E-state index contributed by atoms with van der Waals surface area (Å²) in [6.07, 6.45) is -1.37. The van der Waals surface area contributed by atoms with E-state index in [0.29, 0.717) is 61.0 Å². The van der Waals surface area contributed by atoms with Crippen LogP contribution in [0.2, 0.25) is 0 Å². The molecular formula is C27H33F3N2O4S. The minimum absolute atomic E-state index is 0.193. The van der Waals surface area contributed by atoms with Gasteiger partial charge in [0, 0.05) is 17.5 Å². The van der Waals surface area contributed by atoms with Crippen molar-refractivity contribution in [2.75, 3.05) is 13.2 Å². The van der Waals surface area contributed by atoms with E-state index in [1.54, 1.807) is 12.3 Å². The van der Waals surface area contributed by atoms with Gasteiger partial charge < -0.3 is 15.2 Å². The van der Waals surface area contributed by atoms with Gasteiger partial charge in [0.2, 0.25) is 0 Å². The van der Waals surface area contributed by atoms with Crippen LogP contribution in [0.3, 0.4) is 0 Å². The number of amides is 3. The molecule has 2 heterocycles. The highest BCUT2D eigenvalue weighted by Crippen LogP contribution is 2.41. The first-order chi connectivity index (χ1) is 17.4. The molecule has 37 heavy (non-hydrogen) atoms. The van der Waals surface area contributed by atoms with Crippen molar-refractivity contribution >= 4 is 23.3 Å². The van der Waals surface area contributed by atoms with Crippen LogP contribution < -0.4 is 10.1 Å². The second-order valence-electron chi connectivity index (χ2n) is 9.64. The fourth-order valence-corrected chi connectivity index (χ4v) is 5.01. The number of imide groups is 1. The molecule has 2 aromatic rings. The minimum atomic E-state index is -4.81. The Labute approximate surface area is 219 Å². The number of aliphatic hydroxyl groups is 1. The van der Waals surface area contributed by atoms with Crippen LogP contribution in [-0.4, -0.2) is 41.3 Å². The highest BCUT2D eigenvalue weighted by molar-refractivity contribution is 7.06. The molecule has 3 amide bonds. The van der Waals surface area contributed by atoms with Gasteiger partial charge in [0.25, 0.3) is 5.91 Å². The summed E-state index contributed by atoms with van der Waals surface area (Å²) in [5, 5.41) is 17.5. The van der Waals surface area contributed by atoms with Gasteiger partial charge in [-0.05, 0) is 73.7 Å². The number of carbonyl (C=O) groups excluding carboxylic acids is 2. The number of halogens is 3. The third kappa shape index (κ3) is 5.88. The van der Waals surface area contributed by atoms with Crippen molar-refractivity contribution < 1.29 is 32.6 Å². The minimum Gasteiger partial charge on any atom is -0.493 e. The second-order valence-corrected chi connectivity index (χ2v) is 10.3. The Balaban J connectivity index is 1.68. The molecule has 1 aliphatic heterocycles. The maximum absolute atomic E-state index is 13.5. The number of ether oxygens (including phenoxy) is 1. The lowest BCUT2D eigenvalue weighted by Crippen LogP contribution is -2.40. The number of carbonyl (C=O) groups is 2. The monoisotopic (exact) mass is 538 g/mol. The van der Waals surface area contributed by atoms with Gasteiger partial charge in [-0.3, -0.25) is 9.69 Å². The van der Waals surface area contributed by atoms with Crippen molar-refractivity contribution in [2.45, 2.75) is 83.5 Å². The summed E-state index contributed by atoms with van der Waals surface area (Å²) < 4.78 is 46.6. The molecule has 0 bridgehead atoms. The maximum atomic E-state index is 13.5. The Morgan fingerprint density at radius 2 is 1.76 bits per heavy atom. The topological polar surface area (TPSA) is 78.9 Å². The number of aryl methyl sites for hydroxylation is 2. The van der Waals surface area contributed by atoms with Crippen molar-refractivity contribution in [3.8, 4) is 5.75 Å². The number of unbranched alkanes of at least 4 members (excludes halogenated alkanes) is 1. The molecule has 2 N–H and O–H groups in total. The van der Waals surface area contributed by atoms with Crippen LogP contribution in [0, 0.1) is 11.4 Å². The number of urea groups is 1. The van der Waals surface area contributed by atoms with Crippen LogP contribution in [0.15, 0.2) is 17.5 Å². The zero-order valence-corrected chi connectivity index (χ0v) is 22.4. The fraction of sp³-hybridized carbons (Fsp3) is 0.556. The Kier molecular flexibility index (Phi) is 8.81. The Morgan fingerprint density at radius 1 is 1.14 bits per heavy atom. The van der Waals surface area contributed by atoms with Crippen LogP contribution in [0.1, 0.15) is 75.6 Å². The second kappa shape index (κ2) is 11.3. The molecule has 2 unspecified atom stereocenters. The van der Waals surface area contributed by atoms with E-state index in [4.69, 9.17) is 4.74 Å². The lowest BCUT2D eigenvalue weighted by atomic mass is 9.89. The molecule has 1 aromatic heterocycles. The van der Waals surface area contributed by atoms with Gasteiger partial charge in [-0.1, -0.05) is 44.1 Å². The van der Waals surface area contributed by atoms with Crippen LogP contribution in [0.4, 0.5) is 18.0 Å². The number of nitrogens with zero attached hydrogens (tertiary/aromatic N) is 1. The number of rotatable bonds is 12. The smallest absolute Gasteiger partial charge is 0.421 e. The predicted molar refractivity (Wildman–Crippen MR) is 134 cm³/mol. The first kappa shape index (κ1) is 28.8. The molecule has 1 saturated heterocycles. The van der Waals surface area contributed by atoms with Crippen molar-refractivity contribution in [3.63, 3.8) is 0 Å². The molecule has 0 spiro atoms. The Morgan fingerprint density at radius 3 is 2.27 bits per heavy atom. The number of nitrogens with one attached hydrogen (secondary N) is 1. The van der Waals surface area contributed by atoms with Crippen molar-refractivity contribution in [1.82, 2.24) is 10.2 Å². The molecule has 3 rings (SSSR count). The highest BCUT2D eigenvalue weighted by Gasteiger charge is 2.51. The van der Waals surface area contributed by atoms with E-state index < -0.39 is 23.3 Å². The maximum Gasteiger partial charge on any atom is 0.421 e. The first-order valence-corrected chi connectivity index (χ1v) is 13.3. The van der Waals surface area contributed by atoms with E-state index in [2.05, 4.69) is 16.8 Å². The molecule has 202 valence electrons. The summed E-state index contributed by atoms with van der Waals surface area (Å²) in [4.78, 5) is 26.5. The van der Waals surface area contributed by atoms with Crippen molar-refractivity contribution in [3.05, 3.63) is 51.2 Å². The van der Waals surface area contributed by atoms with Gasteiger partial charge in [0.15, 0.2) is 11.1 Å². The molecule has 0 radical (unpaired) electrons. The van der Waals surface area contributed by atoms with E-state index in [0.717, 1.165) is 6.92 Å². The lowest BCUT2D eigenvalue weighted by Gasteiger charge is -2.29. The molecule has 10 heteroatoms. The molecule has 1 fully saturated rings. The highest BCUT2D eigenvalue weighted by atomic mass is 32.1. The lowest BCUT2D eigenvalue weighted by molar-refractivity contribution is -0.258. The molecule has 2 atom stereocenters. The average molecular weight is 539 g/mol. The quantitative estimate of drug-likeness (QED) is 0.270. The summed E-state index contributed by atoms with van der Waals surface area (Å²) in [5.74, 6) is 0.210. The number of benzene rings is 1. The van der Waals surface area contributed by atoms with Gasteiger partial charge in [0.1, 0.15) is 5.75 Å². The number of hydrogen-bond donors (Lipinski definition) is 2. The predicted octanol–water partition coefficient (Wildman–Crippen LogP) is 5.65. The molecule has 1 aromatic carbocycles. The van der Waals surface area contributed by atoms with Gasteiger partial charge in [-0.2, -0.15) is 13.2 Å². The van der Waals surface area contributed by atoms with Crippen LogP contribution in [0.5, 0.6) is 5.75 Å². The largest absolute Gasteiger partial charge is 0.493 e. The number of hydrogen-bond acceptors (Lipinski definition) is 5. The van der Waals surface area contributed by atoms with Crippen molar-refractivity contribution in [2.24, 2.45) is 0 Å². The fourth-order valence-electron chi connectivity index (χ4n) is 4.37. The van der Waals surface area contributed by atoms with Crippen LogP contribution in [-0.2, 0) is 28.8 Å². The molecule has 0 saturated carbocycles. The van der Waals surface area contributed by atoms with E-state index in [1.165, 1.54) is 28.4 Å². The third-order valence-electron chi connectivity index (χ3n) is 6.65. The SMILES string of the molecule is CCCc1cc(C(C)(O)C(F)(F)F)cc(CCC)c1OCCCCN1C(=O)NC(C)(c2c#csc2)C1=O. The van der Waals surface area contributed by atoms with E-state index >= 15 is 0 Å². The molecular weight excluding hydrogens is 505 g/mol. The first-order valence-electron chi connectivity index (χ1n) is 12.5. The van der Waals surface area contributed by atoms with Gasteiger partial charge in [0.05, 0.1) is 6.61 Å². The van der Waals surface area contributed by atoms with Crippen molar-refractivity contribution in [1.29, 1.82) is 0 Å². The Bertz CT molecular complexity index is 1070. The summed E-state index contributed by atoms with van der Waals surface area (Å²) in [5.41, 5.74) is -2.49. The van der Waals surface area contributed by atoms with Crippen LogP contribution in [0.25, 0.3) is 0 Å². The van der Waals surface area contributed by atoms with Gasteiger partial charge in [-0.25, -0.2) is 4.79 Å².